The first-order valence-electron chi connectivity index (χ1n) is 9.22. The summed E-state index contributed by atoms with van der Waals surface area (Å²) in [4.78, 5) is 2.82. The molecule has 3 aliphatic rings. The molecule has 0 aromatic heterocycles. The van der Waals surface area contributed by atoms with Crippen molar-refractivity contribution in [2.24, 2.45) is 5.92 Å². The standard InChI is InChI=1S/C18H34N2O/c1-16(2)13-21-12-11-20-15-17(7-3-4-8-17)19-14-18(20)9-5-6-10-18/h16,19H,3-15H2,1-2H3. The predicted molar refractivity (Wildman–Crippen MR) is 87.6 cm³/mol. The molecule has 122 valence electrons. The molecule has 3 heteroatoms. The first-order chi connectivity index (χ1) is 10.1. The molecular weight excluding hydrogens is 260 g/mol. The van der Waals surface area contributed by atoms with Crippen LogP contribution in [0.25, 0.3) is 0 Å². The molecule has 0 radical (unpaired) electrons. The SMILES string of the molecule is CC(C)COCCN1CC2(CCCC2)NCC12CCCC2. The minimum atomic E-state index is 0.436. The van der Waals surface area contributed by atoms with Gasteiger partial charge in [-0.25, -0.2) is 0 Å². The average Bonchev–Trinajstić information content (AvgIpc) is 3.09. The maximum Gasteiger partial charge on any atom is 0.0593 e. The quantitative estimate of drug-likeness (QED) is 0.788. The summed E-state index contributed by atoms with van der Waals surface area (Å²) in [7, 11) is 0. The van der Waals surface area contributed by atoms with Crippen molar-refractivity contribution in [3.8, 4) is 0 Å². The Balaban J connectivity index is 1.60. The van der Waals surface area contributed by atoms with Crippen molar-refractivity contribution in [1.29, 1.82) is 0 Å². The molecule has 3 fully saturated rings. The molecule has 3 nitrogen and oxygen atoms in total. The van der Waals surface area contributed by atoms with Crippen LogP contribution in [0.2, 0.25) is 0 Å². The van der Waals surface area contributed by atoms with Crippen LogP contribution in [0.15, 0.2) is 0 Å². The van der Waals surface area contributed by atoms with Gasteiger partial charge in [-0.1, -0.05) is 39.5 Å². The average molecular weight is 294 g/mol. The second-order valence-electron chi connectivity index (χ2n) is 8.16. The largest absolute Gasteiger partial charge is 0.380 e. The Hall–Kier alpha value is -0.120. The predicted octanol–water partition coefficient (Wildman–Crippen LogP) is 3.19. The zero-order chi connectivity index (χ0) is 14.8. The first kappa shape index (κ1) is 15.8. The van der Waals surface area contributed by atoms with Crippen molar-refractivity contribution in [3.63, 3.8) is 0 Å². The fraction of sp³-hybridized carbons (Fsp3) is 1.00. The van der Waals surface area contributed by atoms with E-state index in [1.54, 1.807) is 0 Å². The summed E-state index contributed by atoms with van der Waals surface area (Å²) in [6.45, 7) is 9.90. The van der Waals surface area contributed by atoms with Crippen LogP contribution >= 0.6 is 0 Å². The molecule has 1 N–H and O–H groups in total. The van der Waals surface area contributed by atoms with Gasteiger partial charge in [0.2, 0.25) is 0 Å². The fourth-order valence-electron chi connectivity index (χ4n) is 4.78. The zero-order valence-electron chi connectivity index (χ0n) is 14.1. The molecule has 2 spiro atoms. The van der Waals surface area contributed by atoms with Gasteiger partial charge in [0.05, 0.1) is 6.61 Å². The second-order valence-corrected chi connectivity index (χ2v) is 8.16. The lowest BCUT2D eigenvalue weighted by Gasteiger charge is -2.52. The van der Waals surface area contributed by atoms with Crippen molar-refractivity contribution in [3.05, 3.63) is 0 Å². The van der Waals surface area contributed by atoms with E-state index in [1.807, 2.05) is 0 Å². The highest BCUT2D eigenvalue weighted by molar-refractivity contribution is 5.08. The van der Waals surface area contributed by atoms with Gasteiger partial charge in [0.15, 0.2) is 0 Å². The lowest BCUT2D eigenvalue weighted by atomic mass is 9.84. The van der Waals surface area contributed by atoms with E-state index in [2.05, 4.69) is 24.1 Å². The van der Waals surface area contributed by atoms with E-state index in [0.29, 0.717) is 17.0 Å². The van der Waals surface area contributed by atoms with Crippen LogP contribution in [0.1, 0.15) is 65.2 Å². The number of ether oxygens (including phenoxy) is 1. The van der Waals surface area contributed by atoms with Gasteiger partial charge in [0, 0.05) is 37.3 Å². The van der Waals surface area contributed by atoms with Gasteiger partial charge in [-0.05, 0) is 31.6 Å². The minimum Gasteiger partial charge on any atom is -0.380 e. The third kappa shape index (κ3) is 3.46. The van der Waals surface area contributed by atoms with Gasteiger partial charge in [0.25, 0.3) is 0 Å². The molecule has 0 amide bonds. The van der Waals surface area contributed by atoms with Crippen LogP contribution in [0.4, 0.5) is 0 Å². The second kappa shape index (κ2) is 6.55. The highest BCUT2D eigenvalue weighted by Crippen LogP contribution is 2.42. The Bertz CT molecular complexity index is 330. The highest BCUT2D eigenvalue weighted by Gasteiger charge is 2.49. The van der Waals surface area contributed by atoms with Crippen molar-refractivity contribution in [1.82, 2.24) is 10.2 Å². The van der Waals surface area contributed by atoms with Gasteiger partial charge in [-0.15, -0.1) is 0 Å². The zero-order valence-corrected chi connectivity index (χ0v) is 14.1. The van der Waals surface area contributed by atoms with Crippen LogP contribution in [-0.4, -0.2) is 48.8 Å². The van der Waals surface area contributed by atoms with Crippen molar-refractivity contribution in [2.75, 3.05) is 32.8 Å². The minimum absolute atomic E-state index is 0.436. The van der Waals surface area contributed by atoms with Gasteiger partial charge in [-0.3, -0.25) is 4.90 Å². The molecular formula is C18H34N2O. The third-order valence-electron chi connectivity index (χ3n) is 6.01. The molecule has 0 aromatic carbocycles. The lowest BCUT2D eigenvalue weighted by Crippen LogP contribution is -2.68. The summed E-state index contributed by atoms with van der Waals surface area (Å²) in [6, 6.07) is 0. The Labute approximate surface area is 130 Å². The number of hydrogen-bond donors (Lipinski definition) is 1. The molecule has 2 aliphatic carbocycles. The molecule has 1 heterocycles. The Morgan fingerprint density at radius 2 is 1.71 bits per heavy atom. The van der Waals surface area contributed by atoms with Crippen molar-refractivity contribution in [2.45, 2.75) is 76.3 Å². The van der Waals surface area contributed by atoms with Crippen molar-refractivity contribution < 1.29 is 4.74 Å². The first-order valence-corrected chi connectivity index (χ1v) is 9.22. The molecule has 21 heavy (non-hydrogen) atoms. The smallest absolute Gasteiger partial charge is 0.0593 e. The summed E-state index contributed by atoms with van der Waals surface area (Å²) in [6.07, 6.45) is 11.2. The lowest BCUT2D eigenvalue weighted by molar-refractivity contribution is -0.0146. The molecule has 1 saturated heterocycles. The fourth-order valence-corrected chi connectivity index (χ4v) is 4.78. The maximum absolute atomic E-state index is 5.89. The van der Waals surface area contributed by atoms with Gasteiger partial charge in [0.1, 0.15) is 0 Å². The number of rotatable bonds is 5. The van der Waals surface area contributed by atoms with E-state index < -0.39 is 0 Å². The van der Waals surface area contributed by atoms with E-state index >= 15 is 0 Å². The summed E-state index contributed by atoms with van der Waals surface area (Å²) in [5, 5.41) is 3.98. The maximum atomic E-state index is 5.89. The van der Waals surface area contributed by atoms with Crippen LogP contribution in [0.3, 0.4) is 0 Å². The topological polar surface area (TPSA) is 24.5 Å². The molecule has 0 bridgehead atoms. The number of nitrogens with zero attached hydrogens (tertiary/aromatic N) is 1. The summed E-state index contributed by atoms with van der Waals surface area (Å²) in [5.41, 5.74) is 0.890. The monoisotopic (exact) mass is 294 g/mol. The summed E-state index contributed by atoms with van der Waals surface area (Å²) >= 11 is 0. The summed E-state index contributed by atoms with van der Waals surface area (Å²) < 4.78 is 5.89. The molecule has 0 unspecified atom stereocenters. The summed E-state index contributed by atoms with van der Waals surface area (Å²) in [5.74, 6) is 0.648. The number of nitrogens with one attached hydrogen (secondary N) is 1. The van der Waals surface area contributed by atoms with E-state index in [0.717, 1.165) is 19.8 Å². The molecule has 2 saturated carbocycles. The van der Waals surface area contributed by atoms with E-state index in [4.69, 9.17) is 4.74 Å². The van der Waals surface area contributed by atoms with Crippen LogP contribution in [-0.2, 0) is 4.74 Å². The Morgan fingerprint density at radius 1 is 1.05 bits per heavy atom. The Morgan fingerprint density at radius 3 is 2.38 bits per heavy atom. The van der Waals surface area contributed by atoms with Crippen LogP contribution in [0, 0.1) is 5.92 Å². The van der Waals surface area contributed by atoms with Crippen molar-refractivity contribution >= 4 is 0 Å². The highest BCUT2D eigenvalue weighted by atomic mass is 16.5. The van der Waals surface area contributed by atoms with Gasteiger partial charge < -0.3 is 10.1 Å². The number of hydrogen-bond acceptors (Lipinski definition) is 3. The Kier molecular flexibility index (Phi) is 4.92. The van der Waals surface area contributed by atoms with Gasteiger partial charge in [-0.2, -0.15) is 0 Å². The third-order valence-corrected chi connectivity index (χ3v) is 6.01. The normalized spacial score (nSPS) is 28.1. The van der Waals surface area contributed by atoms with Crippen LogP contribution in [0.5, 0.6) is 0 Å². The molecule has 0 atom stereocenters. The number of piperazine rings is 1. The van der Waals surface area contributed by atoms with E-state index in [-0.39, 0.29) is 0 Å². The molecule has 1 aliphatic heterocycles. The van der Waals surface area contributed by atoms with Gasteiger partial charge >= 0.3 is 0 Å². The van der Waals surface area contributed by atoms with E-state index in [1.165, 1.54) is 64.5 Å². The molecule has 0 aromatic rings. The van der Waals surface area contributed by atoms with Crippen LogP contribution < -0.4 is 5.32 Å². The molecule has 3 rings (SSSR count). The van der Waals surface area contributed by atoms with E-state index in [9.17, 15) is 0 Å².